The number of benzene rings is 3. The summed E-state index contributed by atoms with van der Waals surface area (Å²) in [5.74, 6) is -0.873. The lowest BCUT2D eigenvalue weighted by molar-refractivity contribution is -0.384. The third kappa shape index (κ3) is 4.88. The first-order valence-corrected chi connectivity index (χ1v) is 13.5. The average Bonchev–Trinajstić information content (AvgIpc) is 3.45. The van der Waals surface area contributed by atoms with E-state index in [1.165, 1.54) is 15.4 Å². The average molecular weight is 553 g/mol. The molecule has 0 saturated heterocycles. The van der Waals surface area contributed by atoms with E-state index in [9.17, 15) is 19.7 Å². The van der Waals surface area contributed by atoms with Crippen molar-refractivity contribution in [3.63, 3.8) is 0 Å². The van der Waals surface area contributed by atoms with Gasteiger partial charge in [0.15, 0.2) is 0 Å². The van der Waals surface area contributed by atoms with Crippen molar-refractivity contribution in [2.24, 2.45) is 0 Å². The van der Waals surface area contributed by atoms with Crippen LogP contribution in [0.5, 0.6) is 0 Å². The number of hydrogen-bond acceptors (Lipinski definition) is 5. The van der Waals surface area contributed by atoms with E-state index in [2.05, 4.69) is 10.2 Å². The molecule has 210 valence electrons. The van der Waals surface area contributed by atoms with Gasteiger partial charge in [-0.25, -0.2) is 9.36 Å². The summed E-state index contributed by atoms with van der Waals surface area (Å²) in [5, 5.41) is 18.6. The molecule has 0 amide bonds. The molecule has 0 saturated carbocycles. The quantitative estimate of drug-likeness (QED) is 0.192. The minimum atomic E-state index is -0.873. The molecule has 5 rings (SSSR count). The molecule has 2 heterocycles. The Morgan fingerprint density at radius 2 is 1.24 bits per heavy atom. The molecule has 0 fully saturated rings. The molecule has 41 heavy (non-hydrogen) atoms. The highest BCUT2D eigenvalue weighted by molar-refractivity contribution is 5.66. The van der Waals surface area contributed by atoms with Gasteiger partial charge in [0.05, 0.1) is 27.4 Å². The van der Waals surface area contributed by atoms with Crippen molar-refractivity contribution in [3.8, 4) is 11.4 Å². The van der Waals surface area contributed by atoms with E-state index in [4.69, 9.17) is 0 Å². The van der Waals surface area contributed by atoms with Crippen LogP contribution < -0.4 is 16.0 Å². The number of nitrogens with zero attached hydrogens (tertiary/aromatic N) is 4. The number of para-hydroxylation sites is 2. The molecule has 0 aliphatic carbocycles. The van der Waals surface area contributed by atoms with Gasteiger partial charge in [0.25, 0.3) is 16.8 Å². The molecule has 0 aliphatic rings. The molecule has 0 spiro atoms. The minimum Gasteiger partial charge on any atom is -0.367 e. The van der Waals surface area contributed by atoms with Crippen molar-refractivity contribution >= 4 is 11.4 Å². The number of aryl methyl sites for hydroxylation is 2. The Morgan fingerprint density at radius 1 is 0.780 bits per heavy atom. The lowest BCUT2D eigenvalue weighted by Crippen LogP contribution is -2.26. The smallest absolute Gasteiger partial charge is 0.292 e. The number of nitrogens with one attached hydrogen (secondary N) is 2. The molecule has 0 radical (unpaired) electrons. The lowest BCUT2D eigenvalue weighted by Gasteiger charge is -2.22. The SMILES string of the molecule is CCN(CC)c1ccc(C(c2c(C)[nH]n(-c3ccccc3)c2=O)c2c(C)[nH]n(-c3ccccc3)c2=O)cc1[N+](=O)[O-]. The van der Waals surface area contributed by atoms with Gasteiger partial charge in [-0.1, -0.05) is 42.5 Å². The molecule has 2 aromatic heterocycles. The Hall–Kier alpha value is -5.12. The molecule has 0 aliphatic heterocycles. The van der Waals surface area contributed by atoms with Crippen LogP contribution in [0.25, 0.3) is 11.4 Å². The van der Waals surface area contributed by atoms with E-state index in [-0.39, 0.29) is 16.8 Å². The molecular weight excluding hydrogens is 520 g/mol. The Morgan fingerprint density at radius 3 is 1.66 bits per heavy atom. The number of hydrogen-bond donors (Lipinski definition) is 2. The minimum absolute atomic E-state index is 0.0793. The monoisotopic (exact) mass is 552 g/mol. The highest BCUT2D eigenvalue weighted by atomic mass is 16.6. The normalized spacial score (nSPS) is 11.2. The van der Waals surface area contributed by atoms with Crippen molar-refractivity contribution in [2.75, 3.05) is 18.0 Å². The predicted octanol–water partition coefficient (Wildman–Crippen LogP) is 5.20. The molecule has 0 bridgehead atoms. The van der Waals surface area contributed by atoms with Gasteiger partial charge < -0.3 is 4.90 Å². The van der Waals surface area contributed by atoms with Gasteiger partial charge in [-0.05, 0) is 63.6 Å². The number of anilines is 1. The lowest BCUT2D eigenvalue weighted by atomic mass is 9.85. The maximum absolute atomic E-state index is 14.0. The third-order valence-corrected chi connectivity index (χ3v) is 7.47. The van der Waals surface area contributed by atoms with E-state index in [1.54, 1.807) is 26.0 Å². The number of nitro groups is 1. The highest BCUT2D eigenvalue weighted by Gasteiger charge is 2.32. The Bertz CT molecular complexity index is 1710. The van der Waals surface area contributed by atoms with Crippen molar-refractivity contribution in [1.82, 2.24) is 19.6 Å². The summed E-state index contributed by atoms with van der Waals surface area (Å²) in [5.41, 5.74) is 3.31. The zero-order valence-electron chi connectivity index (χ0n) is 23.4. The Labute approximate surface area is 236 Å². The first kappa shape index (κ1) is 27.4. The molecule has 0 unspecified atom stereocenters. The van der Waals surface area contributed by atoms with Crippen LogP contribution in [-0.2, 0) is 0 Å². The van der Waals surface area contributed by atoms with Gasteiger partial charge in [0.2, 0.25) is 0 Å². The topological polar surface area (TPSA) is 122 Å². The summed E-state index contributed by atoms with van der Waals surface area (Å²) in [6, 6.07) is 23.3. The van der Waals surface area contributed by atoms with Crippen LogP contribution in [0.2, 0.25) is 0 Å². The first-order valence-electron chi connectivity index (χ1n) is 13.5. The van der Waals surface area contributed by atoms with E-state index >= 15 is 0 Å². The van der Waals surface area contributed by atoms with Crippen molar-refractivity contribution in [2.45, 2.75) is 33.6 Å². The zero-order chi connectivity index (χ0) is 29.3. The number of H-pyrrole nitrogens is 2. The number of aromatic amines is 2. The van der Waals surface area contributed by atoms with Crippen LogP contribution in [0.1, 0.15) is 47.8 Å². The van der Waals surface area contributed by atoms with Crippen molar-refractivity contribution in [3.05, 3.63) is 138 Å². The predicted molar refractivity (Wildman–Crippen MR) is 160 cm³/mol. The Balaban J connectivity index is 1.80. The molecule has 0 atom stereocenters. The Kier molecular flexibility index (Phi) is 7.47. The molecule has 10 heteroatoms. The molecule has 2 N–H and O–H groups in total. The fourth-order valence-electron chi connectivity index (χ4n) is 5.49. The summed E-state index contributed by atoms with van der Waals surface area (Å²) in [4.78, 5) is 41.9. The van der Waals surface area contributed by atoms with Crippen LogP contribution in [0.15, 0.2) is 88.5 Å². The zero-order valence-corrected chi connectivity index (χ0v) is 23.4. The second-order valence-electron chi connectivity index (χ2n) is 9.86. The fourth-order valence-corrected chi connectivity index (χ4v) is 5.49. The van der Waals surface area contributed by atoms with Gasteiger partial charge in [-0.3, -0.25) is 29.9 Å². The standard InChI is InChI=1S/C31H32N6O4/c1-5-34(6-2)25-18-17-22(19-26(25)37(40)41)29(27-20(3)32-35(30(27)38)23-13-9-7-10-14-23)28-21(4)33-36(31(28)39)24-15-11-8-12-16-24/h7-19,29,32-33H,5-6H2,1-4H3. The van der Waals surface area contributed by atoms with E-state index in [0.717, 1.165) is 0 Å². The van der Waals surface area contributed by atoms with Crippen molar-refractivity contribution in [1.29, 1.82) is 0 Å². The van der Waals surface area contributed by atoms with E-state index < -0.39 is 10.8 Å². The summed E-state index contributed by atoms with van der Waals surface area (Å²) in [6.07, 6.45) is 0. The van der Waals surface area contributed by atoms with Crippen LogP contribution >= 0.6 is 0 Å². The highest BCUT2D eigenvalue weighted by Crippen LogP contribution is 2.37. The maximum atomic E-state index is 14.0. The third-order valence-electron chi connectivity index (χ3n) is 7.47. The molecular formula is C31H32N6O4. The van der Waals surface area contributed by atoms with Crippen LogP contribution in [-0.4, -0.2) is 37.6 Å². The van der Waals surface area contributed by atoms with E-state index in [1.807, 2.05) is 79.4 Å². The van der Waals surface area contributed by atoms with Gasteiger partial charge in [-0.15, -0.1) is 0 Å². The van der Waals surface area contributed by atoms with Crippen LogP contribution in [0.3, 0.4) is 0 Å². The van der Waals surface area contributed by atoms with Gasteiger partial charge in [0.1, 0.15) is 5.69 Å². The molecule has 3 aromatic carbocycles. The van der Waals surface area contributed by atoms with Crippen LogP contribution in [0.4, 0.5) is 11.4 Å². The van der Waals surface area contributed by atoms with Gasteiger partial charge >= 0.3 is 0 Å². The van der Waals surface area contributed by atoms with Gasteiger partial charge in [-0.2, -0.15) is 0 Å². The summed E-state index contributed by atoms with van der Waals surface area (Å²) < 4.78 is 2.88. The second kappa shape index (κ2) is 11.2. The summed E-state index contributed by atoms with van der Waals surface area (Å²) >= 11 is 0. The number of nitro benzene ring substituents is 1. The van der Waals surface area contributed by atoms with Crippen LogP contribution in [0, 0.1) is 24.0 Å². The fraction of sp³-hybridized carbons (Fsp3) is 0.226. The first-order chi connectivity index (χ1) is 19.8. The molecule has 10 nitrogen and oxygen atoms in total. The van der Waals surface area contributed by atoms with Crippen molar-refractivity contribution < 1.29 is 4.92 Å². The summed E-state index contributed by atoms with van der Waals surface area (Å²) in [7, 11) is 0. The second-order valence-corrected chi connectivity index (χ2v) is 9.86. The number of rotatable bonds is 9. The van der Waals surface area contributed by atoms with E-state index in [0.29, 0.717) is 58.2 Å². The largest absolute Gasteiger partial charge is 0.367 e. The maximum Gasteiger partial charge on any atom is 0.292 e. The molecule has 5 aromatic rings. The summed E-state index contributed by atoms with van der Waals surface area (Å²) in [6.45, 7) is 8.62. The number of aromatic nitrogens is 4. The van der Waals surface area contributed by atoms with Gasteiger partial charge in [0, 0.05) is 36.5 Å².